The average molecular weight is 344 g/mol. The number of piperidine rings is 1. The summed E-state index contributed by atoms with van der Waals surface area (Å²) in [7, 11) is 1.95. The van der Waals surface area contributed by atoms with Gasteiger partial charge in [0.1, 0.15) is 0 Å². The first kappa shape index (κ1) is 17.4. The Bertz CT molecular complexity index is 696. The van der Waals surface area contributed by atoms with Crippen molar-refractivity contribution in [3.05, 3.63) is 29.3 Å². The zero-order valence-electron chi connectivity index (χ0n) is 14.7. The molecule has 0 atom stereocenters. The second-order valence-electron chi connectivity index (χ2n) is 6.61. The number of anilines is 1. The van der Waals surface area contributed by atoms with Gasteiger partial charge in [-0.05, 0) is 44.5 Å². The fourth-order valence-corrected chi connectivity index (χ4v) is 3.38. The van der Waals surface area contributed by atoms with Crippen LogP contribution in [0.15, 0.2) is 18.2 Å². The summed E-state index contributed by atoms with van der Waals surface area (Å²) in [5.74, 6) is -0.275. The molecule has 134 valence electrons. The molecule has 0 spiro atoms. The number of benzene rings is 1. The number of hydrogen-bond acceptors (Lipinski definition) is 4. The maximum Gasteiger partial charge on any atom is 0.328 e. The SMILES string of the molecule is CNC1CCN(C(=O)c2ccc(C)c(N3CCC(=O)NC3=O)c2)CC1. The normalized spacial score (nSPS) is 19.1. The maximum atomic E-state index is 12.8. The number of nitrogens with zero attached hydrogens (tertiary/aromatic N) is 2. The first-order valence-electron chi connectivity index (χ1n) is 8.68. The highest BCUT2D eigenvalue weighted by atomic mass is 16.2. The molecule has 2 saturated heterocycles. The number of urea groups is 1. The van der Waals surface area contributed by atoms with Crippen LogP contribution >= 0.6 is 0 Å². The van der Waals surface area contributed by atoms with Crippen LogP contribution in [0, 0.1) is 6.92 Å². The maximum absolute atomic E-state index is 12.8. The molecule has 0 aromatic heterocycles. The topological polar surface area (TPSA) is 81.8 Å². The number of likely N-dealkylation sites (tertiary alicyclic amines) is 1. The molecular formula is C18H24N4O3. The van der Waals surface area contributed by atoms with Gasteiger partial charge in [-0.3, -0.25) is 19.8 Å². The van der Waals surface area contributed by atoms with Gasteiger partial charge in [0.2, 0.25) is 5.91 Å². The molecule has 0 saturated carbocycles. The highest BCUT2D eigenvalue weighted by Gasteiger charge is 2.27. The first-order valence-corrected chi connectivity index (χ1v) is 8.68. The quantitative estimate of drug-likeness (QED) is 0.865. The van der Waals surface area contributed by atoms with Gasteiger partial charge in [0.15, 0.2) is 0 Å². The van der Waals surface area contributed by atoms with E-state index in [1.165, 1.54) is 4.90 Å². The first-order chi connectivity index (χ1) is 12.0. The second kappa shape index (κ2) is 7.23. The van der Waals surface area contributed by atoms with Gasteiger partial charge in [0.05, 0.1) is 0 Å². The summed E-state index contributed by atoms with van der Waals surface area (Å²) in [5.41, 5.74) is 2.16. The zero-order chi connectivity index (χ0) is 18.0. The third kappa shape index (κ3) is 3.66. The molecule has 0 radical (unpaired) electrons. The average Bonchev–Trinajstić information content (AvgIpc) is 2.62. The van der Waals surface area contributed by atoms with Gasteiger partial charge in [-0.25, -0.2) is 4.79 Å². The third-order valence-electron chi connectivity index (χ3n) is 4.99. The number of amides is 4. The van der Waals surface area contributed by atoms with Crippen LogP contribution in [-0.4, -0.2) is 55.5 Å². The van der Waals surface area contributed by atoms with Gasteiger partial charge < -0.3 is 10.2 Å². The van der Waals surface area contributed by atoms with Crippen LogP contribution in [0.5, 0.6) is 0 Å². The number of hydrogen-bond donors (Lipinski definition) is 2. The van der Waals surface area contributed by atoms with Gasteiger partial charge >= 0.3 is 6.03 Å². The van der Waals surface area contributed by atoms with E-state index in [0.29, 0.717) is 23.8 Å². The molecular weight excluding hydrogens is 320 g/mol. The fourth-order valence-electron chi connectivity index (χ4n) is 3.38. The van der Waals surface area contributed by atoms with Crippen LogP contribution < -0.4 is 15.5 Å². The molecule has 0 bridgehead atoms. The molecule has 25 heavy (non-hydrogen) atoms. The summed E-state index contributed by atoms with van der Waals surface area (Å²) in [6, 6.07) is 5.45. The molecule has 0 aliphatic carbocycles. The van der Waals surface area contributed by atoms with Crippen molar-refractivity contribution in [2.24, 2.45) is 0 Å². The molecule has 7 nitrogen and oxygen atoms in total. The molecule has 2 N–H and O–H groups in total. The predicted molar refractivity (Wildman–Crippen MR) is 94.7 cm³/mol. The Balaban J connectivity index is 1.78. The lowest BCUT2D eigenvalue weighted by Gasteiger charge is -2.32. The minimum Gasteiger partial charge on any atom is -0.339 e. The molecule has 1 aromatic carbocycles. The summed E-state index contributed by atoms with van der Waals surface area (Å²) in [4.78, 5) is 39.6. The molecule has 3 rings (SSSR count). The Morgan fingerprint density at radius 2 is 1.92 bits per heavy atom. The number of carbonyl (C=O) groups is 3. The van der Waals surface area contributed by atoms with Crippen molar-refractivity contribution in [1.82, 2.24) is 15.5 Å². The molecule has 4 amide bonds. The summed E-state index contributed by atoms with van der Waals surface area (Å²) in [6.45, 7) is 3.68. The van der Waals surface area contributed by atoms with E-state index in [1.807, 2.05) is 24.9 Å². The predicted octanol–water partition coefficient (Wildman–Crippen LogP) is 1.27. The minimum atomic E-state index is -0.432. The fraction of sp³-hybridized carbons (Fsp3) is 0.500. The Kier molecular flexibility index (Phi) is 5.03. The largest absolute Gasteiger partial charge is 0.339 e. The standard InChI is InChI=1S/C18H24N4O3/c1-12-3-4-13(17(24)21-8-5-14(19-2)6-9-21)11-15(12)22-10-7-16(23)20-18(22)25/h3-4,11,14,19H,5-10H2,1-2H3,(H,20,23,25). The van der Waals surface area contributed by atoms with Crippen molar-refractivity contribution in [2.45, 2.75) is 32.2 Å². The summed E-state index contributed by atoms with van der Waals surface area (Å²) < 4.78 is 0. The van der Waals surface area contributed by atoms with E-state index in [4.69, 9.17) is 0 Å². The molecule has 1 aromatic rings. The number of aryl methyl sites for hydroxylation is 1. The van der Waals surface area contributed by atoms with Crippen molar-refractivity contribution >= 4 is 23.5 Å². The molecule has 0 unspecified atom stereocenters. The van der Waals surface area contributed by atoms with Gasteiger partial charge in [-0.2, -0.15) is 0 Å². The van der Waals surface area contributed by atoms with Gasteiger partial charge in [-0.15, -0.1) is 0 Å². The highest BCUT2D eigenvalue weighted by molar-refractivity contribution is 6.06. The third-order valence-corrected chi connectivity index (χ3v) is 4.99. The Morgan fingerprint density at radius 1 is 1.20 bits per heavy atom. The minimum absolute atomic E-state index is 0.00991. The monoisotopic (exact) mass is 344 g/mol. The Labute approximate surface area is 147 Å². The van der Waals surface area contributed by atoms with Crippen LogP contribution in [-0.2, 0) is 4.79 Å². The number of imide groups is 1. The van der Waals surface area contributed by atoms with Crippen molar-refractivity contribution in [1.29, 1.82) is 0 Å². The van der Waals surface area contributed by atoms with Crippen molar-refractivity contribution in [3.8, 4) is 0 Å². The van der Waals surface area contributed by atoms with E-state index >= 15 is 0 Å². The lowest BCUT2D eigenvalue weighted by atomic mass is 10.0. The lowest BCUT2D eigenvalue weighted by Crippen LogP contribution is -2.50. The van der Waals surface area contributed by atoms with Gasteiger partial charge in [0, 0.05) is 43.3 Å². The smallest absolute Gasteiger partial charge is 0.328 e. The van der Waals surface area contributed by atoms with Gasteiger partial charge in [-0.1, -0.05) is 6.07 Å². The van der Waals surface area contributed by atoms with Crippen LogP contribution in [0.2, 0.25) is 0 Å². The van der Waals surface area contributed by atoms with E-state index in [2.05, 4.69) is 10.6 Å². The number of carbonyl (C=O) groups excluding carboxylic acids is 3. The molecule has 2 aliphatic rings. The Morgan fingerprint density at radius 3 is 2.56 bits per heavy atom. The van der Waals surface area contributed by atoms with E-state index in [9.17, 15) is 14.4 Å². The van der Waals surface area contributed by atoms with Crippen LogP contribution in [0.1, 0.15) is 35.2 Å². The summed E-state index contributed by atoms with van der Waals surface area (Å²) in [5, 5.41) is 5.58. The lowest BCUT2D eigenvalue weighted by molar-refractivity contribution is -0.120. The molecule has 2 aliphatic heterocycles. The van der Waals surface area contributed by atoms with Crippen molar-refractivity contribution in [2.75, 3.05) is 31.6 Å². The molecule has 2 heterocycles. The molecule has 2 fully saturated rings. The molecule has 7 heteroatoms. The Hall–Kier alpha value is -2.41. The van der Waals surface area contributed by atoms with E-state index in [0.717, 1.165) is 31.5 Å². The summed E-state index contributed by atoms with van der Waals surface area (Å²) in [6.07, 6.45) is 2.15. The van der Waals surface area contributed by atoms with Crippen LogP contribution in [0.4, 0.5) is 10.5 Å². The second-order valence-corrected chi connectivity index (χ2v) is 6.61. The number of rotatable bonds is 3. The number of nitrogens with one attached hydrogen (secondary N) is 2. The van der Waals surface area contributed by atoms with Crippen LogP contribution in [0.25, 0.3) is 0 Å². The van der Waals surface area contributed by atoms with E-state index in [1.54, 1.807) is 12.1 Å². The van der Waals surface area contributed by atoms with Gasteiger partial charge in [0.25, 0.3) is 5.91 Å². The van der Waals surface area contributed by atoms with Crippen molar-refractivity contribution < 1.29 is 14.4 Å². The van der Waals surface area contributed by atoms with Crippen LogP contribution in [0.3, 0.4) is 0 Å². The summed E-state index contributed by atoms with van der Waals surface area (Å²) >= 11 is 0. The van der Waals surface area contributed by atoms with E-state index < -0.39 is 6.03 Å². The zero-order valence-corrected chi connectivity index (χ0v) is 14.7. The highest BCUT2D eigenvalue weighted by Crippen LogP contribution is 2.25. The van der Waals surface area contributed by atoms with Crippen molar-refractivity contribution in [3.63, 3.8) is 0 Å². The van der Waals surface area contributed by atoms with E-state index in [-0.39, 0.29) is 18.2 Å².